The SMILES string of the molecule is Cn1c(=O)[nH]c2ncn(CCCCCC(=O)O)c2c1=O. The molecule has 0 radical (unpaired) electrons. The Morgan fingerprint density at radius 2 is 2.10 bits per heavy atom. The van der Waals surface area contributed by atoms with Crippen LogP contribution in [0.1, 0.15) is 25.7 Å². The van der Waals surface area contributed by atoms with E-state index in [9.17, 15) is 14.4 Å². The molecule has 0 aliphatic heterocycles. The number of carboxylic acid groups (broad SMARTS) is 1. The molecule has 0 aliphatic rings. The van der Waals surface area contributed by atoms with Crippen molar-refractivity contribution < 1.29 is 9.90 Å². The molecule has 0 atom stereocenters. The Balaban J connectivity index is 2.12. The van der Waals surface area contributed by atoms with E-state index in [0.717, 1.165) is 17.4 Å². The van der Waals surface area contributed by atoms with Gasteiger partial charge in [0.2, 0.25) is 0 Å². The van der Waals surface area contributed by atoms with Crippen LogP contribution in [0.2, 0.25) is 0 Å². The van der Waals surface area contributed by atoms with Gasteiger partial charge in [0.15, 0.2) is 11.2 Å². The van der Waals surface area contributed by atoms with Crippen molar-refractivity contribution in [3.05, 3.63) is 27.2 Å². The van der Waals surface area contributed by atoms with Crippen molar-refractivity contribution in [2.45, 2.75) is 32.2 Å². The van der Waals surface area contributed by atoms with Crippen LogP contribution in [0.15, 0.2) is 15.9 Å². The number of imidazole rings is 1. The minimum Gasteiger partial charge on any atom is -0.481 e. The Labute approximate surface area is 113 Å². The number of aryl methyl sites for hydroxylation is 1. The fraction of sp³-hybridized carbons (Fsp3) is 0.500. The van der Waals surface area contributed by atoms with Crippen molar-refractivity contribution in [1.29, 1.82) is 0 Å². The van der Waals surface area contributed by atoms with Gasteiger partial charge in [0.05, 0.1) is 6.33 Å². The van der Waals surface area contributed by atoms with Gasteiger partial charge in [0.1, 0.15) is 0 Å². The Morgan fingerprint density at radius 3 is 2.80 bits per heavy atom. The standard InChI is InChI=1S/C12H16N4O4/c1-15-11(19)9-10(14-12(15)20)13-7-16(9)6-4-2-3-5-8(17)18/h7H,2-6H2,1H3,(H,14,20)(H,17,18). The fourth-order valence-electron chi connectivity index (χ4n) is 2.04. The molecule has 20 heavy (non-hydrogen) atoms. The second kappa shape index (κ2) is 5.72. The van der Waals surface area contributed by atoms with E-state index in [-0.39, 0.29) is 17.6 Å². The molecule has 2 aromatic rings. The summed E-state index contributed by atoms with van der Waals surface area (Å²) in [6, 6.07) is 0. The minimum absolute atomic E-state index is 0.153. The lowest BCUT2D eigenvalue weighted by Gasteiger charge is -2.04. The second-order valence-electron chi connectivity index (χ2n) is 4.63. The number of hydrogen-bond donors (Lipinski definition) is 2. The third-order valence-electron chi connectivity index (χ3n) is 3.16. The van der Waals surface area contributed by atoms with Crippen LogP contribution in [0.25, 0.3) is 11.2 Å². The second-order valence-corrected chi connectivity index (χ2v) is 4.63. The molecule has 0 fully saturated rings. The first kappa shape index (κ1) is 14.0. The van der Waals surface area contributed by atoms with Crippen molar-refractivity contribution in [3.8, 4) is 0 Å². The summed E-state index contributed by atoms with van der Waals surface area (Å²) in [5.41, 5.74) is -0.227. The summed E-state index contributed by atoms with van der Waals surface area (Å²) < 4.78 is 2.69. The summed E-state index contributed by atoms with van der Waals surface area (Å²) in [5, 5.41) is 8.54. The molecule has 0 spiro atoms. The third kappa shape index (κ3) is 2.79. The number of aromatic amines is 1. The number of carbonyl (C=O) groups is 1. The number of unbranched alkanes of at least 4 members (excludes halogenated alkanes) is 2. The predicted octanol–water partition coefficient (Wildman–Crippen LogP) is 0.0683. The number of nitrogens with one attached hydrogen (secondary N) is 1. The zero-order valence-corrected chi connectivity index (χ0v) is 11.1. The monoisotopic (exact) mass is 280 g/mol. The normalized spacial score (nSPS) is 11.1. The lowest BCUT2D eigenvalue weighted by atomic mass is 10.2. The van der Waals surface area contributed by atoms with Crippen molar-refractivity contribution >= 4 is 17.1 Å². The molecule has 0 aliphatic carbocycles. The number of hydrogen-bond acceptors (Lipinski definition) is 4. The number of aromatic nitrogens is 4. The smallest absolute Gasteiger partial charge is 0.329 e. The Kier molecular flexibility index (Phi) is 4.02. The Bertz CT molecular complexity index is 740. The van der Waals surface area contributed by atoms with Gasteiger partial charge in [-0.2, -0.15) is 0 Å². The quantitative estimate of drug-likeness (QED) is 0.727. The zero-order chi connectivity index (χ0) is 14.7. The molecular formula is C12H16N4O4. The van der Waals surface area contributed by atoms with Gasteiger partial charge in [0, 0.05) is 20.0 Å². The molecule has 2 aromatic heterocycles. The number of aliphatic carboxylic acids is 1. The van der Waals surface area contributed by atoms with Gasteiger partial charge in [-0.3, -0.25) is 19.1 Å². The average Bonchev–Trinajstić information content (AvgIpc) is 2.78. The average molecular weight is 280 g/mol. The molecule has 0 saturated carbocycles. The predicted molar refractivity (Wildman–Crippen MR) is 71.7 cm³/mol. The van der Waals surface area contributed by atoms with Crippen LogP contribution in [-0.2, 0) is 18.4 Å². The van der Waals surface area contributed by atoms with Gasteiger partial charge in [-0.1, -0.05) is 6.42 Å². The van der Waals surface area contributed by atoms with Gasteiger partial charge in [-0.25, -0.2) is 9.78 Å². The molecule has 2 N–H and O–H groups in total. The van der Waals surface area contributed by atoms with Crippen LogP contribution in [-0.4, -0.2) is 30.2 Å². The number of H-pyrrole nitrogens is 1. The summed E-state index contributed by atoms with van der Waals surface area (Å²) >= 11 is 0. The molecule has 2 rings (SSSR count). The maximum atomic E-state index is 12.0. The van der Waals surface area contributed by atoms with Crippen molar-refractivity contribution in [2.24, 2.45) is 7.05 Å². The molecule has 0 unspecified atom stereocenters. The number of carboxylic acids is 1. The summed E-state index contributed by atoms with van der Waals surface area (Å²) in [6.07, 6.45) is 3.78. The minimum atomic E-state index is -0.801. The van der Waals surface area contributed by atoms with Crippen molar-refractivity contribution in [2.75, 3.05) is 0 Å². The highest BCUT2D eigenvalue weighted by molar-refractivity contribution is 5.69. The van der Waals surface area contributed by atoms with Crippen molar-refractivity contribution in [1.82, 2.24) is 19.1 Å². The molecule has 0 saturated heterocycles. The van der Waals surface area contributed by atoms with E-state index in [1.54, 1.807) is 4.57 Å². The number of fused-ring (bicyclic) bond motifs is 1. The van der Waals surface area contributed by atoms with E-state index in [4.69, 9.17) is 5.11 Å². The molecule has 0 bridgehead atoms. The van der Waals surface area contributed by atoms with E-state index < -0.39 is 11.7 Å². The van der Waals surface area contributed by atoms with Crippen LogP contribution in [0.3, 0.4) is 0 Å². The van der Waals surface area contributed by atoms with E-state index in [1.165, 1.54) is 13.4 Å². The maximum Gasteiger partial charge on any atom is 0.329 e. The van der Waals surface area contributed by atoms with E-state index in [1.807, 2.05) is 0 Å². The van der Waals surface area contributed by atoms with Gasteiger partial charge in [0.25, 0.3) is 5.56 Å². The lowest BCUT2D eigenvalue weighted by Crippen LogP contribution is -2.33. The van der Waals surface area contributed by atoms with Gasteiger partial charge < -0.3 is 9.67 Å². The highest BCUT2D eigenvalue weighted by atomic mass is 16.4. The first-order valence-corrected chi connectivity index (χ1v) is 6.36. The number of nitrogens with zero attached hydrogens (tertiary/aromatic N) is 3. The van der Waals surface area contributed by atoms with Crippen LogP contribution in [0, 0.1) is 0 Å². The summed E-state index contributed by atoms with van der Waals surface area (Å²) in [7, 11) is 1.41. The zero-order valence-electron chi connectivity index (χ0n) is 11.1. The highest BCUT2D eigenvalue weighted by Gasteiger charge is 2.10. The van der Waals surface area contributed by atoms with Gasteiger partial charge >= 0.3 is 11.7 Å². The molecule has 8 heteroatoms. The third-order valence-corrected chi connectivity index (χ3v) is 3.16. The fourth-order valence-corrected chi connectivity index (χ4v) is 2.04. The molecule has 2 heterocycles. The highest BCUT2D eigenvalue weighted by Crippen LogP contribution is 2.07. The van der Waals surface area contributed by atoms with Gasteiger partial charge in [-0.05, 0) is 12.8 Å². The van der Waals surface area contributed by atoms with Gasteiger partial charge in [-0.15, -0.1) is 0 Å². The molecule has 8 nitrogen and oxygen atoms in total. The molecular weight excluding hydrogens is 264 g/mol. The number of rotatable bonds is 6. The maximum absolute atomic E-state index is 12.0. The topological polar surface area (TPSA) is 110 Å². The van der Waals surface area contributed by atoms with Crippen LogP contribution >= 0.6 is 0 Å². The molecule has 108 valence electrons. The van der Waals surface area contributed by atoms with Crippen LogP contribution < -0.4 is 11.2 Å². The lowest BCUT2D eigenvalue weighted by molar-refractivity contribution is -0.137. The van der Waals surface area contributed by atoms with E-state index in [0.29, 0.717) is 18.5 Å². The van der Waals surface area contributed by atoms with Crippen LogP contribution in [0.5, 0.6) is 0 Å². The first-order chi connectivity index (χ1) is 9.50. The largest absolute Gasteiger partial charge is 0.481 e. The van der Waals surface area contributed by atoms with E-state index >= 15 is 0 Å². The molecule has 0 aromatic carbocycles. The summed E-state index contributed by atoms with van der Waals surface area (Å²) in [6.45, 7) is 0.567. The van der Waals surface area contributed by atoms with E-state index in [2.05, 4.69) is 9.97 Å². The summed E-state index contributed by atoms with van der Waals surface area (Å²) in [4.78, 5) is 40.4. The molecule has 0 amide bonds. The first-order valence-electron chi connectivity index (χ1n) is 6.36. The van der Waals surface area contributed by atoms with Crippen molar-refractivity contribution in [3.63, 3.8) is 0 Å². The Hall–Kier alpha value is -2.38. The Morgan fingerprint density at radius 1 is 1.35 bits per heavy atom. The summed E-state index contributed by atoms with van der Waals surface area (Å²) in [5.74, 6) is -0.801. The van der Waals surface area contributed by atoms with Crippen LogP contribution in [0.4, 0.5) is 0 Å².